The molecule has 0 aromatic heterocycles. The number of amides is 2. The van der Waals surface area contributed by atoms with Crippen LogP contribution in [0, 0.1) is 0 Å². The third-order valence-electron chi connectivity index (χ3n) is 2.94. The van der Waals surface area contributed by atoms with E-state index in [1.807, 2.05) is 50.2 Å². The number of carbonyl (C=O) groups excluding carboxylic acids is 3. The maximum Gasteiger partial charge on any atom is 0.236 e. The summed E-state index contributed by atoms with van der Waals surface area (Å²) in [5, 5.41) is 4.49. The Balaban J connectivity index is 0. The molecule has 0 saturated carbocycles. The third-order valence-corrected chi connectivity index (χ3v) is 2.94. The fourth-order valence-electron chi connectivity index (χ4n) is 1.84. The Kier molecular flexibility index (Phi) is 16.7. The number of nitrogens with one attached hydrogen (secondary N) is 1. The van der Waals surface area contributed by atoms with Crippen LogP contribution in [0.15, 0.2) is 36.4 Å². The second kappa shape index (κ2) is 16.9. The first-order valence-corrected chi connectivity index (χ1v) is 9.33. The van der Waals surface area contributed by atoms with Crippen LogP contribution in [0.25, 0.3) is 10.8 Å². The number of nitrogens with two attached hydrogens (primary N) is 1. The molecule has 0 saturated heterocycles. The summed E-state index contributed by atoms with van der Waals surface area (Å²) in [5.41, 5.74) is 5.73. The van der Waals surface area contributed by atoms with Crippen LogP contribution < -0.4 is 15.8 Å². The Morgan fingerprint density at radius 1 is 1.11 bits per heavy atom. The third kappa shape index (κ3) is 12.4. The lowest BCUT2D eigenvalue weighted by Crippen LogP contribution is -2.31. The molecule has 0 unspecified atom stereocenters. The second-order valence-electron chi connectivity index (χ2n) is 4.79. The minimum atomic E-state index is -0.528. The molecule has 2 amide bonds. The normalized spacial score (nSPS) is 8.52. The molecule has 0 aliphatic rings. The molecule has 0 aliphatic heterocycles. The van der Waals surface area contributed by atoms with Crippen LogP contribution in [0.1, 0.15) is 26.3 Å². The number of thiol groups is 1. The van der Waals surface area contributed by atoms with Gasteiger partial charge in [-0.2, -0.15) is 12.6 Å². The zero-order valence-corrected chi connectivity index (χ0v) is 17.5. The molecule has 27 heavy (non-hydrogen) atoms. The van der Waals surface area contributed by atoms with E-state index in [2.05, 4.69) is 23.7 Å². The molecule has 0 aliphatic carbocycles. The SMILES string of the molecule is CC.CC(=O)NCC(N)=O.COc1ccc2cc(CC=O)ccc2c1.CS. The van der Waals surface area contributed by atoms with E-state index in [1.54, 1.807) is 13.4 Å². The number of primary amides is 1. The van der Waals surface area contributed by atoms with Crippen LogP contribution in [0.3, 0.4) is 0 Å². The zero-order chi connectivity index (χ0) is 21.2. The van der Waals surface area contributed by atoms with Gasteiger partial charge >= 0.3 is 0 Å². The van der Waals surface area contributed by atoms with Crippen LogP contribution in [-0.2, 0) is 20.8 Å². The summed E-state index contributed by atoms with van der Waals surface area (Å²) in [6.45, 7) is 5.25. The number of fused-ring (bicyclic) bond motifs is 1. The fraction of sp³-hybridized carbons (Fsp3) is 0.350. The van der Waals surface area contributed by atoms with Gasteiger partial charge in [-0.3, -0.25) is 9.59 Å². The van der Waals surface area contributed by atoms with E-state index >= 15 is 0 Å². The standard InChI is InChI=1S/C13H12O2.C4H8N2O2.C2H6.CH4S/c1-15-13-5-4-11-8-10(6-7-14)2-3-12(11)9-13;1-3(7)6-2-4(5)8;2*1-2/h2-5,7-9H,6H2,1H3;2H2,1H3,(H2,5,8)(H,6,7);1-2H3;2H,1H3. The number of rotatable bonds is 5. The van der Waals surface area contributed by atoms with E-state index in [0.29, 0.717) is 6.42 Å². The number of ether oxygens (including phenoxy) is 1. The molecule has 150 valence electrons. The van der Waals surface area contributed by atoms with Crippen molar-refractivity contribution >= 4 is 41.5 Å². The van der Waals surface area contributed by atoms with E-state index in [-0.39, 0.29) is 12.5 Å². The van der Waals surface area contributed by atoms with Gasteiger partial charge in [-0.05, 0) is 34.7 Å². The van der Waals surface area contributed by atoms with E-state index in [9.17, 15) is 14.4 Å². The van der Waals surface area contributed by atoms with Crippen molar-refractivity contribution in [1.82, 2.24) is 5.32 Å². The molecule has 2 rings (SSSR count). The van der Waals surface area contributed by atoms with Gasteiger partial charge in [-0.15, -0.1) is 0 Å². The van der Waals surface area contributed by atoms with Crippen molar-refractivity contribution in [3.05, 3.63) is 42.0 Å². The summed E-state index contributed by atoms with van der Waals surface area (Å²) >= 11 is 3.53. The topological polar surface area (TPSA) is 98.5 Å². The van der Waals surface area contributed by atoms with E-state index in [0.717, 1.165) is 28.4 Å². The van der Waals surface area contributed by atoms with Crippen LogP contribution in [0.5, 0.6) is 5.75 Å². The Labute approximate surface area is 166 Å². The van der Waals surface area contributed by atoms with Gasteiger partial charge in [-0.1, -0.05) is 38.1 Å². The van der Waals surface area contributed by atoms with Gasteiger partial charge in [0, 0.05) is 13.3 Å². The second-order valence-corrected chi connectivity index (χ2v) is 4.79. The summed E-state index contributed by atoms with van der Waals surface area (Å²) in [6.07, 6.45) is 3.09. The number of carbonyl (C=O) groups is 3. The highest BCUT2D eigenvalue weighted by Crippen LogP contribution is 2.21. The van der Waals surface area contributed by atoms with Gasteiger partial charge in [0.25, 0.3) is 0 Å². The summed E-state index contributed by atoms with van der Waals surface area (Å²) in [7, 11) is 1.65. The Bertz CT molecular complexity index is 691. The molecule has 0 atom stereocenters. The monoisotopic (exact) mass is 394 g/mol. The summed E-state index contributed by atoms with van der Waals surface area (Å²) in [5.74, 6) is 0.0784. The van der Waals surface area contributed by atoms with Crippen molar-refractivity contribution < 1.29 is 19.1 Å². The first-order valence-electron chi connectivity index (χ1n) is 8.44. The van der Waals surface area contributed by atoms with Crippen LogP contribution >= 0.6 is 12.6 Å². The average Bonchev–Trinajstić information content (AvgIpc) is 2.70. The zero-order valence-electron chi connectivity index (χ0n) is 16.6. The van der Waals surface area contributed by atoms with E-state index in [4.69, 9.17) is 4.74 Å². The molecule has 2 aromatic carbocycles. The van der Waals surface area contributed by atoms with Gasteiger partial charge < -0.3 is 20.6 Å². The first kappa shape index (κ1) is 26.7. The van der Waals surface area contributed by atoms with Crippen molar-refractivity contribution in [2.24, 2.45) is 5.73 Å². The Morgan fingerprint density at radius 2 is 1.67 bits per heavy atom. The molecule has 0 bridgehead atoms. The molecule has 0 spiro atoms. The molecule has 0 heterocycles. The van der Waals surface area contributed by atoms with Crippen LogP contribution in [0.4, 0.5) is 0 Å². The van der Waals surface area contributed by atoms with Crippen molar-refractivity contribution in [3.8, 4) is 5.75 Å². The molecule has 2 aromatic rings. The molecule has 3 N–H and O–H groups in total. The predicted octanol–water partition coefficient (Wildman–Crippen LogP) is 2.77. The fourth-order valence-corrected chi connectivity index (χ4v) is 1.84. The number of aldehydes is 1. The first-order chi connectivity index (χ1) is 13.0. The molecule has 7 heteroatoms. The number of benzene rings is 2. The molecular formula is C20H30N2O4S. The van der Waals surface area contributed by atoms with Gasteiger partial charge in [0.1, 0.15) is 12.0 Å². The summed E-state index contributed by atoms with van der Waals surface area (Å²) < 4.78 is 5.14. The van der Waals surface area contributed by atoms with E-state index in [1.165, 1.54) is 6.92 Å². The minimum Gasteiger partial charge on any atom is -0.497 e. The highest BCUT2D eigenvalue weighted by Gasteiger charge is 1.98. The molecule has 0 fully saturated rings. The van der Waals surface area contributed by atoms with Gasteiger partial charge in [0.2, 0.25) is 11.8 Å². The Hall–Kier alpha value is -2.54. The predicted molar refractivity (Wildman–Crippen MR) is 114 cm³/mol. The van der Waals surface area contributed by atoms with Gasteiger partial charge in [0.05, 0.1) is 13.7 Å². The van der Waals surface area contributed by atoms with Crippen LogP contribution in [-0.4, -0.2) is 38.0 Å². The van der Waals surface area contributed by atoms with E-state index < -0.39 is 5.91 Å². The van der Waals surface area contributed by atoms with Crippen molar-refractivity contribution in [3.63, 3.8) is 0 Å². The maximum absolute atomic E-state index is 10.4. The lowest BCUT2D eigenvalue weighted by molar-refractivity contribution is -0.123. The molecular weight excluding hydrogens is 364 g/mol. The number of methoxy groups -OCH3 is 1. The Morgan fingerprint density at radius 3 is 2.11 bits per heavy atom. The van der Waals surface area contributed by atoms with Crippen molar-refractivity contribution in [1.29, 1.82) is 0 Å². The summed E-state index contributed by atoms with van der Waals surface area (Å²) in [6, 6.07) is 11.9. The number of hydrogen-bond acceptors (Lipinski definition) is 5. The number of hydrogen-bond donors (Lipinski definition) is 3. The quantitative estimate of drug-likeness (QED) is 0.536. The lowest BCUT2D eigenvalue weighted by atomic mass is 10.1. The van der Waals surface area contributed by atoms with Gasteiger partial charge in [0.15, 0.2) is 0 Å². The molecule has 6 nitrogen and oxygen atoms in total. The highest BCUT2D eigenvalue weighted by atomic mass is 32.1. The minimum absolute atomic E-state index is 0.0741. The molecule has 0 radical (unpaired) electrons. The highest BCUT2D eigenvalue weighted by molar-refractivity contribution is 7.79. The summed E-state index contributed by atoms with van der Waals surface area (Å²) in [4.78, 5) is 30.3. The van der Waals surface area contributed by atoms with Crippen molar-refractivity contribution in [2.45, 2.75) is 27.2 Å². The van der Waals surface area contributed by atoms with Gasteiger partial charge in [-0.25, -0.2) is 0 Å². The van der Waals surface area contributed by atoms with Crippen LogP contribution in [0.2, 0.25) is 0 Å². The smallest absolute Gasteiger partial charge is 0.236 e. The van der Waals surface area contributed by atoms with Crippen molar-refractivity contribution in [2.75, 3.05) is 19.9 Å². The maximum atomic E-state index is 10.4. The largest absolute Gasteiger partial charge is 0.497 e. The lowest BCUT2D eigenvalue weighted by Gasteiger charge is -2.03. The average molecular weight is 395 g/mol.